The number of ether oxygens (including phenoxy) is 3. The van der Waals surface area contributed by atoms with Crippen molar-refractivity contribution in [2.75, 3.05) is 19.2 Å². The molecule has 0 unspecified atom stereocenters. The highest BCUT2D eigenvalue weighted by Crippen LogP contribution is 2.33. The minimum Gasteiger partial charge on any atom is -0.466 e. The number of hydrogen-bond donors (Lipinski definition) is 1. The molecule has 0 bridgehead atoms. The van der Waals surface area contributed by atoms with Gasteiger partial charge in [0.1, 0.15) is 5.82 Å². The zero-order valence-corrected chi connectivity index (χ0v) is 16.9. The summed E-state index contributed by atoms with van der Waals surface area (Å²) in [6, 6.07) is 18.3. The molecule has 0 aliphatic carbocycles. The standard InChI is InChI=1S/C23H17FN4O4/c1-30-23-26-21(17-4-2-3-5-18(17)24)28(27-23)16-9-7-15(8-10-16)25-22(29)14-6-11-19-20(12-14)32-13-31-19/h2-12H,13H2,1H3,(H,25,29). The molecular weight excluding hydrogens is 415 g/mol. The minimum absolute atomic E-state index is 0.114. The number of benzene rings is 3. The Hall–Kier alpha value is -4.40. The van der Waals surface area contributed by atoms with Gasteiger partial charge in [0.05, 0.1) is 18.4 Å². The van der Waals surface area contributed by atoms with E-state index in [0.717, 1.165) is 0 Å². The second kappa shape index (κ2) is 8.03. The molecule has 5 rings (SSSR count). The molecule has 1 amide bonds. The molecule has 1 aliphatic rings. The fourth-order valence-electron chi connectivity index (χ4n) is 3.30. The van der Waals surface area contributed by atoms with E-state index in [1.807, 2.05) is 0 Å². The van der Waals surface area contributed by atoms with Crippen LogP contribution in [0.3, 0.4) is 0 Å². The smallest absolute Gasteiger partial charge is 0.336 e. The molecule has 0 radical (unpaired) electrons. The van der Waals surface area contributed by atoms with Gasteiger partial charge in [0.2, 0.25) is 6.79 Å². The Morgan fingerprint density at radius 2 is 1.84 bits per heavy atom. The molecule has 0 saturated carbocycles. The fraction of sp³-hybridized carbons (Fsp3) is 0.0870. The summed E-state index contributed by atoms with van der Waals surface area (Å²) >= 11 is 0. The second-order valence-corrected chi connectivity index (χ2v) is 6.88. The van der Waals surface area contributed by atoms with Crippen LogP contribution >= 0.6 is 0 Å². The maximum atomic E-state index is 14.3. The summed E-state index contributed by atoms with van der Waals surface area (Å²) in [7, 11) is 1.44. The van der Waals surface area contributed by atoms with E-state index in [-0.39, 0.29) is 18.7 Å². The molecular formula is C23H17FN4O4. The Morgan fingerprint density at radius 3 is 2.62 bits per heavy atom. The first-order valence-corrected chi connectivity index (χ1v) is 9.70. The lowest BCUT2D eigenvalue weighted by Crippen LogP contribution is -2.12. The topological polar surface area (TPSA) is 87.5 Å². The van der Waals surface area contributed by atoms with E-state index in [1.54, 1.807) is 60.7 Å². The van der Waals surface area contributed by atoms with Crippen LogP contribution in [0, 0.1) is 5.82 Å². The van der Waals surface area contributed by atoms with Crippen molar-refractivity contribution in [2.24, 2.45) is 0 Å². The molecule has 9 heteroatoms. The van der Waals surface area contributed by atoms with E-state index in [1.165, 1.54) is 17.9 Å². The highest BCUT2D eigenvalue weighted by atomic mass is 19.1. The number of aromatic nitrogens is 3. The van der Waals surface area contributed by atoms with E-state index in [4.69, 9.17) is 14.2 Å². The summed E-state index contributed by atoms with van der Waals surface area (Å²) in [6.07, 6.45) is 0. The molecule has 2 heterocycles. The number of anilines is 1. The van der Waals surface area contributed by atoms with Gasteiger partial charge in [-0.3, -0.25) is 4.79 Å². The lowest BCUT2D eigenvalue weighted by Gasteiger charge is -2.09. The first-order chi connectivity index (χ1) is 15.6. The van der Waals surface area contributed by atoms with Crippen molar-refractivity contribution in [3.63, 3.8) is 0 Å². The number of methoxy groups -OCH3 is 1. The van der Waals surface area contributed by atoms with Crippen LogP contribution < -0.4 is 19.5 Å². The molecule has 0 atom stereocenters. The summed E-state index contributed by atoms with van der Waals surface area (Å²) in [5.74, 6) is 0.743. The van der Waals surface area contributed by atoms with Crippen LogP contribution in [0.1, 0.15) is 10.4 Å². The molecule has 32 heavy (non-hydrogen) atoms. The van der Waals surface area contributed by atoms with Crippen LogP contribution in [0.25, 0.3) is 17.1 Å². The number of carbonyl (C=O) groups is 1. The zero-order chi connectivity index (χ0) is 22.1. The largest absolute Gasteiger partial charge is 0.466 e. The first-order valence-electron chi connectivity index (χ1n) is 9.70. The number of carbonyl (C=O) groups excluding carboxylic acids is 1. The number of rotatable bonds is 5. The zero-order valence-electron chi connectivity index (χ0n) is 16.9. The summed E-state index contributed by atoms with van der Waals surface area (Å²) in [5, 5.41) is 7.13. The third kappa shape index (κ3) is 3.60. The van der Waals surface area contributed by atoms with Crippen LogP contribution in [0.15, 0.2) is 66.7 Å². The van der Waals surface area contributed by atoms with E-state index < -0.39 is 5.82 Å². The molecule has 4 aromatic rings. The van der Waals surface area contributed by atoms with Gasteiger partial charge in [-0.1, -0.05) is 12.1 Å². The van der Waals surface area contributed by atoms with Gasteiger partial charge in [-0.05, 0) is 54.6 Å². The first kappa shape index (κ1) is 19.6. The van der Waals surface area contributed by atoms with Crippen molar-refractivity contribution in [3.05, 3.63) is 78.1 Å². The van der Waals surface area contributed by atoms with Gasteiger partial charge in [0.25, 0.3) is 5.91 Å². The monoisotopic (exact) mass is 432 g/mol. The average Bonchev–Trinajstić information content (AvgIpc) is 3.46. The van der Waals surface area contributed by atoms with Crippen molar-refractivity contribution < 1.29 is 23.4 Å². The molecule has 0 fully saturated rings. The Kier molecular flexibility index (Phi) is 4.91. The van der Waals surface area contributed by atoms with Gasteiger partial charge >= 0.3 is 6.01 Å². The quantitative estimate of drug-likeness (QED) is 0.512. The van der Waals surface area contributed by atoms with Gasteiger partial charge in [-0.25, -0.2) is 9.07 Å². The predicted molar refractivity (Wildman–Crippen MR) is 114 cm³/mol. The van der Waals surface area contributed by atoms with Gasteiger partial charge in [-0.2, -0.15) is 4.98 Å². The SMILES string of the molecule is COc1nc(-c2ccccc2F)n(-c2ccc(NC(=O)c3ccc4c(c3)OCO4)cc2)n1. The summed E-state index contributed by atoms with van der Waals surface area (Å²) < 4.78 is 31.6. The number of halogens is 1. The minimum atomic E-state index is -0.420. The number of nitrogens with zero attached hydrogens (tertiary/aromatic N) is 3. The lowest BCUT2D eigenvalue weighted by molar-refractivity contribution is 0.102. The van der Waals surface area contributed by atoms with E-state index in [0.29, 0.717) is 39.8 Å². The lowest BCUT2D eigenvalue weighted by atomic mass is 10.1. The third-order valence-electron chi connectivity index (χ3n) is 4.89. The van der Waals surface area contributed by atoms with Crippen molar-refractivity contribution in [2.45, 2.75) is 0 Å². The fourth-order valence-corrected chi connectivity index (χ4v) is 3.30. The van der Waals surface area contributed by atoms with Crippen molar-refractivity contribution in [1.29, 1.82) is 0 Å². The summed E-state index contributed by atoms with van der Waals surface area (Å²) in [5.41, 5.74) is 1.95. The van der Waals surface area contributed by atoms with Crippen molar-refractivity contribution in [1.82, 2.24) is 14.8 Å². The molecule has 1 aliphatic heterocycles. The molecule has 0 saturated heterocycles. The normalized spacial score (nSPS) is 11.9. The Bertz CT molecular complexity index is 1300. The van der Waals surface area contributed by atoms with E-state index in [2.05, 4.69) is 15.4 Å². The van der Waals surface area contributed by atoms with Crippen LogP contribution in [-0.2, 0) is 0 Å². The Morgan fingerprint density at radius 1 is 1.06 bits per heavy atom. The maximum absolute atomic E-state index is 14.3. The number of amides is 1. The predicted octanol–water partition coefficient (Wildman–Crippen LogP) is 4.06. The summed E-state index contributed by atoms with van der Waals surface area (Å²) in [6.45, 7) is 0.143. The van der Waals surface area contributed by atoms with Gasteiger partial charge < -0.3 is 19.5 Å². The molecule has 8 nitrogen and oxygen atoms in total. The van der Waals surface area contributed by atoms with Crippen LogP contribution in [0.5, 0.6) is 17.5 Å². The molecule has 3 aromatic carbocycles. The van der Waals surface area contributed by atoms with Gasteiger partial charge in [0, 0.05) is 11.3 Å². The molecule has 1 aromatic heterocycles. The molecule has 0 spiro atoms. The maximum Gasteiger partial charge on any atom is 0.336 e. The third-order valence-corrected chi connectivity index (χ3v) is 4.89. The van der Waals surface area contributed by atoms with E-state index >= 15 is 0 Å². The average molecular weight is 432 g/mol. The van der Waals surface area contributed by atoms with Crippen LogP contribution in [-0.4, -0.2) is 34.6 Å². The number of hydrogen-bond acceptors (Lipinski definition) is 6. The van der Waals surface area contributed by atoms with E-state index in [9.17, 15) is 9.18 Å². The van der Waals surface area contributed by atoms with Crippen molar-refractivity contribution >= 4 is 11.6 Å². The second-order valence-electron chi connectivity index (χ2n) is 6.88. The number of fused-ring (bicyclic) bond motifs is 1. The highest BCUT2D eigenvalue weighted by molar-refractivity contribution is 6.04. The van der Waals surface area contributed by atoms with Gasteiger partial charge in [-0.15, -0.1) is 5.10 Å². The Labute approximate surface area is 182 Å². The molecule has 1 N–H and O–H groups in total. The molecule has 160 valence electrons. The summed E-state index contributed by atoms with van der Waals surface area (Å²) in [4.78, 5) is 16.9. The van der Waals surface area contributed by atoms with Crippen LogP contribution in [0.2, 0.25) is 0 Å². The van der Waals surface area contributed by atoms with Gasteiger partial charge in [0.15, 0.2) is 17.3 Å². The number of nitrogens with one attached hydrogen (secondary N) is 1. The van der Waals surface area contributed by atoms with Crippen molar-refractivity contribution in [3.8, 4) is 34.6 Å². The highest BCUT2D eigenvalue weighted by Gasteiger charge is 2.18. The van der Waals surface area contributed by atoms with Crippen LogP contribution in [0.4, 0.5) is 10.1 Å². The Balaban J connectivity index is 1.40.